The Labute approximate surface area is 130 Å². The van der Waals surface area contributed by atoms with Gasteiger partial charge in [0.15, 0.2) is 12.1 Å². The van der Waals surface area contributed by atoms with Crippen molar-refractivity contribution in [2.75, 3.05) is 0 Å². The van der Waals surface area contributed by atoms with Gasteiger partial charge in [0.2, 0.25) is 0 Å². The fraction of sp³-hybridized carbons (Fsp3) is 0.647. The van der Waals surface area contributed by atoms with Gasteiger partial charge in [0, 0.05) is 5.54 Å². The Hall–Kier alpha value is -0.980. The standard InChI is InChI=1S/C17H23NO4/c1-16(2)21-13-12(19-10-11-6-4-3-5-7-11)14(17(18)8-9-17)20-15(13)22-16/h3-7,12-15H,8-10,18H2,1-2H3/t12-,13-,14+,15-/m1/s1. The molecule has 3 aliphatic rings. The SMILES string of the molecule is CC1(C)O[C@H]2O[C@H](C3(N)CC3)[C@H](OCc3ccccc3)[C@H]2O1. The van der Waals surface area contributed by atoms with Gasteiger partial charge in [-0.3, -0.25) is 0 Å². The van der Waals surface area contributed by atoms with Crippen molar-refractivity contribution in [3.63, 3.8) is 0 Å². The van der Waals surface area contributed by atoms with Crippen LogP contribution in [0, 0.1) is 0 Å². The van der Waals surface area contributed by atoms with E-state index in [0.717, 1.165) is 18.4 Å². The van der Waals surface area contributed by atoms with Gasteiger partial charge in [-0.15, -0.1) is 0 Å². The van der Waals surface area contributed by atoms with Crippen molar-refractivity contribution in [2.24, 2.45) is 5.73 Å². The average molecular weight is 305 g/mol. The first-order valence-corrected chi connectivity index (χ1v) is 7.92. The molecule has 2 saturated heterocycles. The molecule has 2 aliphatic heterocycles. The molecule has 0 aromatic heterocycles. The summed E-state index contributed by atoms with van der Waals surface area (Å²) in [6.45, 7) is 4.31. The number of nitrogens with two attached hydrogens (primary N) is 1. The van der Waals surface area contributed by atoms with Gasteiger partial charge in [0.1, 0.15) is 18.3 Å². The number of hydrogen-bond donors (Lipinski definition) is 1. The summed E-state index contributed by atoms with van der Waals surface area (Å²) in [6, 6.07) is 10.1. The lowest BCUT2D eigenvalue weighted by Crippen LogP contribution is -2.48. The largest absolute Gasteiger partial charge is 0.368 e. The maximum absolute atomic E-state index is 6.37. The van der Waals surface area contributed by atoms with Crippen LogP contribution in [0.4, 0.5) is 0 Å². The molecule has 0 bridgehead atoms. The van der Waals surface area contributed by atoms with E-state index in [4.69, 9.17) is 24.7 Å². The lowest BCUT2D eigenvalue weighted by molar-refractivity contribution is -0.222. The fourth-order valence-electron chi connectivity index (χ4n) is 3.32. The molecule has 2 N–H and O–H groups in total. The zero-order valence-electron chi connectivity index (χ0n) is 13.0. The number of fused-ring (bicyclic) bond motifs is 1. The molecule has 4 rings (SSSR count). The van der Waals surface area contributed by atoms with Crippen LogP contribution in [-0.2, 0) is 25.6 Å². The first-order chi connectivity index (χ1) is 10.5. The van der Waals surface area contributed by atoms with Crippen LogP contribution in [0.1, 0.15) is 32.3 Å². The van der Waals surface area contributed by atoms with Crippen molar-refractivity contribution in [2.45, 2.75) is 69.2 Å². The Morgan fingerprint density at radius 3 is 2.59 bits per heavy atom. The van der Waals surface area contributed by atoms with E-state index in [1.54, 1.807) is 0 Å². The van der Waals surface area contributed by atoms with E-state index < -0.39 is 5.79 Å². The molecule has 0 amide bonds. The van der Waals surface area contributed by atoms with Crippen LogP contribution >= 0.6 is 0 Å². The maximum Gasteiger partial charge on any atom is 0.190 e. The highest BCUT2D eigenvalue weighted by atomic mass is 16.8. The van der Waals surface area contributed by atoms with Gasteiger partial charge in [-0.2, -0.15) is 0 Å². The van der Waals surface area contributed by atoms with Gasteiger partial charge in [-0.05, 0) is 32.3 Å². The smallest absolute Gasteiger partial charge is 0.190 e. The lowest BCUT2D eigenvalue weighted by Gasteiger charge is -2.29. The quantitative estimate of drug-likeness (QED) is 0.921. The molecule has 5 heteroatoms. The minimum Gasteiger partial charge on any atom is -0.368 e. The van der Waals surface area contributed by atoms with Crippen LogP contribution < -0.4 is 5.73 Å². The van der Waals surface area contributed by atoms with Crippen molar-refractivity contribution in [3.8, 4) is 0 Å². The number of rotatable bonds is 4. The molecule has 3 fully saturated rings. The Morgan fingerprint density at radius 2 is 1.91 bits per heavy atom. The lowest BCUT2D eigenvalue weighted by atomic mass is 10.0. The van der Waals surface area contributed by atoms with Gasteiger partial charge in [0.25, 0.3) is 0 Å². The highest BCUT2D eigenvalue weighted by molar-refractivity contribution is 5.15. The van der Waals surface area contributed by atoms with E-state index in [0.29, 0.717) is 6.61 Å². The van der Waals surface area contributed by atoms with Gasteiger partial charge in [0.05, 0.1) is 6.61 Å². The molecule has 1 saturated carbocycles. The van der Waals surface area contributed by atoms with Crippen LogP contribution in [0.3, 0.4) is 0 Å². The van der Waals surface area contributed by atoms with Crippen molar-refractivity contribution < 1.29 is 18.9 Å². The van der Waals surface area contributed by atoms with Gasteiger partial charge in [-0.1, -0.05) is 30.3 Å². The highest BCUT2D eigenvalue weighted by Crippen LogP contribution is 2.48. The summed E-state index contributed by atoms with van der Waals surface area (Å²) >= 11 is 0. The number of benzene rings is 1. The van der Waals surface area contributed by atoms with Crippen LogP contribution in [0.25, 0.3) is 0 Å². The molecule has 4 atom stereocenters. The highest BCUT2D eigenvalue weighted by Gasteiger charge is 2.63. The fourth-order valence-corrected chi connectivity index (χ4v) is 3.32. The molecule has 1 aliphatic carbocycles. The molecule has 5 nitrogen and oxygen atoms in total. The van der Waals surface area contributed by atoms with Crippen LogP contribution in [-0.4, -0.2) is 35.9 Å². The molecule has 1 aromatic carbocycles. The summed E-state index contributed by atoms with van der Waals surface area (Å²) in [4.78, 5) is 0. The topological polar surface area (TPSA) is 62.9 Å². The van der Waals surface area contributed by atoms with Crippen molar-refractivity contribution in [3.05, 3.63) is 35.9 Å². The minimum atomic E-state index is -0.639. The second-order valence-electron chi connectivity index (χ2n) is 7.02. The van der Waals surface area contributed by atoms with E-state index in [1.807, 2.05) is 44.2 Å². The maximum atomic E-state index is 6.37. The third-order valence-corrected chi connectivity index (χ3v) is 4.67. The molecule has 120 valence electrons. The summed E-state index contributed by atoms with van der Waals surface area (Å²) < 4.78 is 24.0. The predicted molar refractivity (Wildman–Crippen MR) is 79.9 cm³/mol. The molecule has 1 aromatic rings. The van der Waals surface area contributed by atoms with Gasteiger partial charge >= 0.3 is 0 Å². The van der Waals surface area contributed by atoms with Crippen molar-refractivity contribution in [1.82, 2.24) is 0 Å². The summed E-state index contributed by atoms with van der Waals surface area (Å²) in [7, 11) is 0. The van der Waals surface area contributed by atoms with Crippen LogP contribution in [0.15, 0.2) is 30.3 Å². The molecular weight excluding hydrogens is 282 g/mol. The number of ether oxygens (including phenoxy) is 4. The average Bonchev–Trinajstić information content (AvgIpc) is 3.03. The Kier molecular flexibility index (Phi) is 3.33. The first-order valence-electron chi connectivity index (χ1n) is 7.92. The van der Waals surface area contributed by atoms with E-state index in [-0.39, 0.29) is 30.1 Å². The van der Waals surface area contributed by atoms with Gasteiger partial charge < -0.3 is 24.7 Å². The summed E-state index contributed by atoms with van der Waals surface area (Å²) in [6.07, 6.45) is 0.963. The minimum absolute atomic E-state index is 0.165. The second kappa shape index (κ2) is 5.01. The van der Waals surface area contributed by atoms with Crippen molar-refractivity contribution >= 4 is 0 Å². The Bertz CT molecular complexity index is 543. The van der Waals surface area contributed by atoms with E-state index >= 15 is 0 Å². The Morgan fingerprint density at radius 1 is 1.18 bits per heavy atom. The van der Waals surface area contributed by atoms with Gasteiger partial charge in [-0.25, -0.2) is 0 Å². The van der Waals surface area contributed by atoms with E-state index in [2.05, 4.69) is 0 Å². The third-order valence-electron chi connectivity index (χ3n) is 4.67. The molecule has 0 unspecified atom stereocenters. The predicted octanol–water partition coefficient (Wildman–Crippen LogP) is 1.94. The van der Waals surface area contributed by atoms with Crippen LogP contribution in [0.5, 0.6) is 0 Å². The monoisotopic (exact) mass is 305 g/mol. The molecule has 22 heavy (non-hydrogen) atoms. The molecular formula is C17H23NO4. The zero-order valence-corrected chi connectivity index (χ0v) is 13.0. The Balaban J connectivity index is 1.50. The summed E-state index contributed by atoms with van der Waals surface area (Å²) in [5.74, 6) is -0.639. The number of hydrogen-bond acceptors (Lipinski definition) is 5. The second-order valence-corrected chi connectivity index (χ2v) is 7.02. The van der Waals surface area contributed by atoms with Crippen molar-refractivity contribution in [1.29, 1.82) is 0 Å². The summed E-state index contributed by atoms with van der Waals surface area (Å²) in [5.41, 5.74) is 7.21. The summed E-state index contributed by atoms with van der Waals surface area (Å²) in [5, 5.41) is 0. The molecule has 0 spiro atoms. The first kappa shape index (κ1) is 14.6. The normalized spacial score (nSPS) is 38.0. The third kappa shape index (κ3) is 2.57. The zero-order chi connectivity index (χ0) is 15.4. The molecule has 0 radical (unpaired) electrons. The van der Waals surface area contributed by atoms with E-state index in [9.17, 15) is 0 Å². The van der Waals surface area contributed by atoms with Crippen LogP contribution in [0.2, 0.25) is 0 Å². The van der Waals surface area contributed by atoms with E-state index in [1.165, 1.54) is 0 Å². The molecule has 2 heterocycles.